The van der Waals surface area contributed by atoms with Crippen LogP contribution in [0.5, 0.6) is 0 Å². The van der Waals surface area contributed by atoms with Crippen molar-refractivity contribution >= 4 is 25.2 Å². The molecule has 0 N–H and O–H groups in total. The third-order valence-electron chi connectivity index (χ3n) is 1.53. The first kappa shape index (κ1) is 16.7. The molecule has 17 heavy (non-hydrogen) atoms. The Bertz CT molecular complexity index is 291. The molecular formula is C7H9ClF6O2Si. The highest BCUT2D eigenvalue weighted by Gasteiger charge is 2.77. The van der Waals surface area contributed by atoms with Crippen LogP contribution in [0.1, 0.15) is 0 Å². The van der Waals surface area contributed by atoms with E-state index < -0.39 is 31.5 Å². The van der Waals surface area contributed by atoms with E-state index in [4.69, 9.17) is 0 Å². The van der Waals surface area contributed by atoms with Crippen LogP contribution < -0.4 is 0 Å². The van der Waals surface area contributed by atoms with E-state index in [1.807, 2.05) is 0 Å². The Labute approximate surface area is 99.0 Å². The zero-order chi connectivity index (χ0) is 14.3. The molecule has 10 heteroatoms. The Balaban J connectivity index is 5.88. The van der Waals surface area contributed by atoms with Gasteiger partial charge in [-0.15, -0.1) is 0 Å². The summed E-state index contributed by atoms with van der Waals surface area (Å²) >= 11 is 4.49. The predicted molar refractivity (Wildman–Crippen MR) is 50.1 cm³/mol. The highest BCUT2D eigenvalue weighted by Crippen LogP contribution is 2.48. The van der Waals surface area contributed by atoms with Gasteiger partial charge in [0.2, 0.25) is 0 Å². The average Bonchev–Trinajstić information content (AvgIpc) is 1.92. The number of carbonyl (C=O) groups is 1. The summed E-state index contributed by atoms with van der Waals surface area (Å²) in [4.78, 5) is 10.7. The van der Waals surface area contributed by atoms with E-state index in [1.165, 1.54) is 0 Å². The van der Waals surface area contributed by atoms with E-state index in [0.29, 0.717) is 0 Å². The van der Waals surface area contributed by atoms with Gasteiger partial charge in [0, 0.05) is 0 Å². The molecule has 0 aliphatic rings. The fraction of sp³-hybridized carbons (Fsp3) is 0.857. The summed E-state index contributed by atoms with van der Waals surface area (Å²) in [7, 11) is -3.32. The van der Waals surface area contributed by atoms with Crippen molar-refractivity contribution in [1.82, 2.24) is 0 Å². The summed E-state index contributed by atoms with van der Waals surface area (Å²) in [6.07, 6.45) is -11.9. The third-order valence-corrected chi connectivity index (χ3v) is 2.72. The van der Waals surface area contributed by atoms with Gasteiger partial charge in [0.15, 0.2) is 8.32 Å². The van der Waals surface area contributed by atoms with E-state index in [1.54, 1.807) is 0 Å². The average molecular weight is 303 g/mol. The van der Waals surface area contributed by atoms with Crippen LogP contribution in [0.15, 0.2) is 0 Å². The van der Waals surface area contributed by atoms with Gasteiger partial charge in [0.05, 0.1) is 0 Å². The standard InChI is InChI=1S/C7H9ClF6O2Si/c1-17(2,3)16-5(4(8)15,6(9,10)11)7(12,13)14/h1-3H3. The fourth-order valence-electron chi connectivity index (χ4n) is 0.999. The van der Waals surface area contributed by atoms with Crippen molar-refractivity contribution < 1.29 is 35.6 Å². The summed E-state index contributed by atoms with van der Waals surface area (Å²) in [5.74, 6) is 0. The SMILES string of the molecule is C[Si](C)(C)OC(C(=O)Cl)(C(F)(F)F)C(F)(F)F. The summed E-state index contributed by atoms with van der Waals surface area (Å²) in [5.41, 5.74) is -4.95. The summed E-state index contributed by atoms with van der Waals surface area (Å²) in [5, 5.41) is -2.64. The van der Waals surface area contributed by atoms with E-state index in [-0.39, 0.29) is 0 Å². The van der Waals surface area contributed by atoms with Crippen LogP contribution >= 0.6 is 11.6 Å². The van der Waals surface area contributed by atoms with Crippen LogP contribution in [0.4, 0.5) is 26.3 Å². The largest absolute Gasteiger partial charge is 0.434 e. The number of alkyl halides is 6. The molecule has 0 aromatic rings. The molecule has 0 amide bonds. The number of hydrogen-bond acceptors (Lipinski definition) is 2. The van der Waals surface area contributed by atoms with E-state index in [2.05, 4.69) is 16.0 Å². The maximum absolute atomic E-state index is 12.5. The molecule has 0 aromatic heterocycles. The Kier molecular flexibility index (Phi) is 4.36. The lowest BCUT2D eigenvalue weighted by atomic mass is 10.1. The summed E-state index contributed by atoms with van der Waals surface area (Å²) < 4.78 is 79.2. The minimum atomic E-state index is -5.97. The van der Waals surface area contributed by atoms with Crippen molar-refractivity contribution in [2.75, 3.05) is 0 Å². The molecule has 0 bridgehead atoms. The fourth-order valence-corrected chi connectivity index (χ4v) is 2.56. The molecule has 102 valence electrons. The zero-order valence-corrected chi connectivity index (χ0v) is 10.7. The van der Waals surface area contributed by atoms with Gasteiger partial charge in [-0.25, -0.2) is 0 Å². The second-order valence-electron chi connectivity index (χ2n) is 4.16. The predicted octanol–water partition coefficient (Wildman–Crippen LogP) is 3.47. The lowest BCUT2D eigenvalue weighted by Crippen LogP contribution is -2.65. The van der Waals surface area contributed by atoms with Crippen LogP contribution in [0.2, 0.25) is 19.6 Å². The Hall–Kier alpha value is -0.283. The first-order valence-electron chi connectivity index (χ1n) is 4.19. The van der Waals surface area contributed by atoms with Crippen LogP contribution in [-0.4, -0.2) is 31.5 Å². The molecule has 0 radical (unpaired) electrons. The van der Waals surface area contributed by atoms with Gasteiger partial charge in [-0.05, 0) is 31.2 Å². The molecule has 2 nitrogen and oxygen atoms in total. The molecule has 0 saturated carbocycles. The van der Waals surface area contributed by atoms with Gasteiger partial charge in [-0.3, -0.25) is 4.79 Å². The van der Waals surface area contributed by atoms with Crippen molar-refractivity contribution in [3.63, 3.8) is 0 Å². The molecule has 0 aliphatic carbocycles. The van der Waals surface area contributed by atoms with E-state index in [9.17, 15) is 31.1 Å². The van der Waals surface area contributed by atoms with Gasteiger partial charge < -0.3 is 4.43 Å². The highest BCUT2D eigenvalue weighted by molar-refractivity contribution is 6.71. The minimum Gasteiger partial charge on any atom is -0.391 e. The molecule has 0 rings (SSSR count). The zero-order valence-electron chi connectivity index (χ0n) is 8.96. The molecule has 0 unspecified atom stereocenters. The second kappa shape index (κ2) is 4.43. The van der Waals surface area contributed by atoms with Gasteiger partial charge in [-0.1, -0.05) is 0 Å². The van der Waals surface area contributed by atoms with Crippen LogP contribution in [0.3, 0.4) is 0 Å². The molecule has 0 fully saturated rings. The molecular weight excluding hydrogens is 294 g/mol. The van der Waals surface area contributed by atoms with Crippen molar-refractivity contribution in [3.05, 3.63) is 0 Å². The lowest BCUT2D eigenvalue weighted by molar-refractivity contribution is -0.340. The molecule has 0 aromatic carbocycles. The molecule has 0 aliphatic heterocycles. The molecule has 0 saturated heterocycles. The first-order chi connectivity index (χ1) is 7.15. The van der Waals surface area contributed by atoms with Gasteiger partial charge in [0.25, 0.3) is 5.24 Å². The number of carbonyl (C=O) groups excluding carboxylic acids is 1. The smallest absolute Gasteiger partial charge is 0.391 e. The molecule has 0 atom stereocenters. The Morgan fingerprint density at radius 3 is 1.35 bits per heavy atom. The van der Waals surface area contributed by atoms with Crippen molar-refractivity contribution in [1.29, 1.82) is 0 Å². The van der Waals surface area contributed by atoms with Gasteiger partial charge in [0.1, 0.15) is 0 Å². The van der Waals surface area contributed by atoms with Crippen molar-refractivity contribution in [3.8, 4) is 0 Å². The summed E-state index contributed by atoms with van der Waals surface area (Å²) in [6.45, 7) is 3.25. The van der Waals surface area contributed by atoms with Crippen LogP contribution in [-0.2, 0) is 9.22 Å². The first-order valence-corrected chi connectivity index (χ1v) is 7.97. The Morgan fingerprint density at radius 1 is 1.00 bits per heavy atom. The number of hydrogen-bond donors (Lipinski definition) is 0. The van der Waals surface area contributed by atoms with Gasteiger partial charge in [-0.2, -0.15) is 26.3 Å². The normalized spacial score (nSPS) is 14.9. The Morgan fingerprint density at radius 2 is 1.29 bits per heavy atom. The monoisotopic (exact) mass is 302 g/mol. The second-order valence-corrected chi connectivity index (χ2v) is 8.94. The maximum atomic E-state index is 12.5. The maximum Gasteiger partial charge on any atom is 0.434 e. The van der Waals surface area contributed by atoms with Crippen molar-refractivity contribution in [2.24, 2.45) is 0 Å². The minimum absolute atomic E-state index is 1.08. The quantitative estimate of drug-likeness (QED) is 0.453. The van der Waals surface area contributed by atoms with E-state index in [0.717, 1.165) is 19.6 Å². The highest BCUT2D eigenvalue weighted by atomic mass is 35.5. The van der Waals surface area contributed by atoms with Gasteiger partial charge >= 0.3 is 18.0 Å². The van der Waals surface area contributed by atoms with Crippen LogP contribution in [0, 0.1) is 0 Å². The topological polar surface area (TPSA) is 26.3 Å². The number of halogens is 7. The molecule has 0 spiro atoms. The third kappa shape index (κ3) is 3.35. The summed E-state index contributed by atoms with van der Waals surface area (Å²) in [6, 6.07) is 0. The van der Waals surface area contributed by atoms with Crippen molar-refractivity contribution in [2.45, 2.75) is 37.6 Å². The van der Waals surface area contributed by atoms with E-state index >= 15 is 0 Å². The lowest BCUT2D eigenvalue weighted by Gasteiger charge is -2.38. The number of rotatable bonds is 3. The molecule has 0 heterocycles. The van der Waals surface area contributed by atoms with Crippen LogP contribution in [0.25, 0.3) is 0 Å².